The topological polar surface area (TPSA) is 83.5 Å². The van der Waals surface area contributed by atoms with Gasteiger partial charge in [-0.3, -0.25) is 10.1 Å². The molecule has 2 rings (SSSR count). The molecule has 0 radical (unpaired) electrons. The van der Waals surface area contributed by atoms with Gasteiger partial charge in [-0.25, -0.2) is 8.42 Å². The lowest BCUT2D eigenvalue weighted by atomic mass is 9.99. The highest BCUT2D eigenvalue weighted by Crippen LogP contribution is 2.24. The zero-order valence-corrected chi connectivity index (χ0v) is 11.7. The minimum atomic E-state index is -3.34. The van der Waals surface area contributed by atoms with Crippen molar-refractivity contribution in [2.75, 3.05) is 11.5 Å². The lowest BCUT2D eigenvalue weighted by molar-refractivity contribution is -0.139. The van der Waals surface area contributed by atoms with Crippen LogP contribution in [0, 0.1) is 13.8 Å². The first-order chi connectivity index (χ1) is 8.78. The van der Waals surface area contributed by atoms with E-state index in [2.05, 4.69) is 5.32 Å². The molecule has 1 saturated heterocycles. The maximum Gasteiger partial charge on any atom is 0.321 e. The Kier molecular flexibility index (Phi) is 3.64. The molecule has 1 fully saturated rings. The van der Waals surface area contributed by atoms with Gasteiger partial charge in [-0.05, 0) is 25.0 Å². The first kappa shape index (κ1) is 14.0. The molecule has 0 amide bonds. The highest BCUT2D eigenvalue weighted by atomic mass is 32.2. The van der Waals surface area contributed by atoms with Gasteiger partial charge < -0.3 is 5.11 Å². The van der Waals surface area contributed by atoms with Gasteiger partial charge in [-0.2, -0.15) is 0 Å². The van der Waals surface area contributed by atoms with Crippen LogP contribution in [0.15, 0.2) is 18.2 Å². The Bertz CT molecular complexity index is 609. The molecule has 0 bridgehead atoms. The van der Waals surface area contributed by atoms with Crippen molar-refractivity contribution in [3.63, 3.8) is 0 Å². The van der Waals surface area contributed by atoms with E-state index in [0.29, 0.717) is 0 Å². The van der Waals surface area contributed by atoms with Crippen molar-refractivity contribution in [3.05, 3.63) is 34.9 Å². The molecule has 104 valence electrons. The Balaban J connectivity index is 2.36. The summed E-state index contributed by atoms with van der Waals surface area (Å²) >= 11 is 0. The zero-order valence-electron chi connectivity index (χ0n) is 10.9. The van der Waals surface area contributed by atoms with Crippen molar-refractivity contribution in [1.29, 1.82) is 0 Å². The average Bonchev–Trinajstić information content (AvgIpc) is 2.26. The summed E-state index contributed by atoms with van der Waals surface area (Å²) in [6, 6.07) is 4.24. The van der Waals surface area contributed by atoms with Gasteiger partial charge in [0.15, 0.2) is 9.84 Å². The van der Waals surface area contributed by atoms with Crippen LogP contribution in [-0.2, 0) is 14.6 Å². The van der Waals surface area contributed by atoms with Crippen LogP contribution in [0.5, 0.6) is 0 Å². The van der Waals surface area contributed by atoms with E-state index in [1.54, 1.807) is 0 Å². The molecule has 1 aliphatic heterocycles. The largest absolute Gasteiger partial charge is 0.480 e. The molecular formula is C13H17NO4S. The minimum Gasteiger partial charge on any atom is -0.480 e. The fourth-order valence-corrected chi connectivity index (χ4v) is 4.12. The van der Waals surface area contributed by atoms with E-state index >= 15 is 0 Å². The number of carboxylic acids is 1. The van der Waals surface area contributed by atoms with Gasteiger partial charge in [-0.15, -0.1) is 0 Å². The highest BCUT2D eigenvalue weighted by molar-refractivity contribution is 7.91. The zero-order chi connectivity index (χ0) is 14.2. The van der Waals surface area contributed by atoms with E-state index in [4.69, 9.17) is 5.11 Å². The quantitative estimate of drug-likeness (QED) is 0.839. The summed E-state index contributed by atoms with van der Waals surface area (Å²) in [5, 5.41) is 11.9. The monoisotopic (exact) mass is 283 g/mol. The van der Waals surface area contributed by atoms with Crippen molar-refractivity contribution in [2.45, 2.75) is 25.9 Å². The lowest BCUT2D eigenvalue weighted by Crippen LogP contribution is -2.51. The van der Waals surface area contributed by atoms with Crippen LogP contribution in [0.25, 0.3) is 0 Å². The SMILES string of the molecule is Cc1ccc(C2CS(=O)(=O)CC(C(=O)O)N2)c(C)c1. The third kappa shape index (κ3) is 3.13. The molecule has 19 heavy (non-hydrogen) atoms. The molecule has 1 aliphatic rings. The molecule has 0 saturated carbocycles. The van der Waals surface area contributed by atoms with Crippen LogP contribution < -0.4 is 5.32 Å². The normalized spacial score (nSPS) is 26.0. The van der Waals surface area contributed by atoms with Gasteiger partial charge in [0.25, 0.3) is 0 Å². The second kappa shape index (κ2) is 4.94. The number of carbonyl (C=O) groups is 1. The molecule has 0 aliphatic carbocycles. The van der Waals surface area contributed by atoms with E-state index in [1.165, 1.54) is 0 Å². The van der Waals surface area contributed by atoms with Gasteiger partial charge in [0.05, 0.1) is 11.5 Å². The Morgan fingerprint density at radius 1 is 1.32 bits per heavy atom. The van der Waals surface area contributed by atoms with E-state index in [9.17, 15) is 13.2 Å². The maximum atomic E-state index is 11.8. The third-order valence-corrected chi connectivity index (χ3v) is 5.02. The highest BCUT2D eigenvalue weighted by Gasteiger charge is 2.36. The van der Waals surface area contributed by atoms with E-state index < -0.39 is 27.9 Å². The van der Waals surface area contributed by atoms with Crippen LogP contribution in [0.1, 0.15) is 22.7 Å². The van der Waals surface area contributed by atoms with Crippen LogP contribution in [-0.4, -0.2) is 37.0 Å². The first-order valence-corrected chi connectivity index (χ1v) is 7.87. The number of aliphatic carboxylic acids is 1. The maximum absolute atomic E-state index is 11.8. The van der Waals surface area contributed by atoms with Crippen molar-refractivity contribution in [1.82, 2.24) is 5.32 Å². The predicted octanol–water partition coefficient (Wildman–Crippen LogP) is 0.816. The fourth-order valence-electron chi connectivity index (χ4n) is 2.45. The van der Waals surface area contributed by atoms with Crippen LogP contribution in [0.3, 0.4) is 0 Å². The molecule has 2 atom stereocenters. The third-order valence-electron chi connectivity index (χ3n) is 3.34. The van der Waals surface area contributed by atoms with Gasteiger partial charge in [0.1, 0.15) is 6.04 Å². The van der Waals surface area contributed by atoms with Crippen LogP contribution in [0.2, 0.25) is 0 Å². The summed E-state index contributed by atoms with van der Waals surface area (Å²) in [6.45, 7) is 3.86. The molecule has 1 aromatic rings. The van der Waals surface area contributed by atoms with Crippen molar-refractivity contribution in [3.8, 4) is 0 Å². The summed E-state index contributed by atoms with van der Waals surface area (Å²) in [4.78, 5) is 11.0. The number of carboxylic acid groups (broad SMARTS) is 1. The number of sulfone groups is 1. The van der Waals surface area contributed by atoms with Crippen molar-refractivity contribution < 1.29 is 18.3 Å². The summed E-state index contributed by atoms with van der Waals surface area (Å²) in [5.74, 6) is -1.53. The van der Waals surface area contributed by atoms with Crippen LogP contribution in [0.4, 0.5) is 0 Å². The number of benzene rings is 1. The van der Waals surface area contributed by atoms with Gasteiger partial charge in [0, 0.05) is 6.04 Å². The Hall–Kier alpha value is -1.40. The second-order valence-electron chi connectivity index (χ2n) is 5.05. The average molecular weight is 283 g/mol. The van der Waals surface area contributed by atoms with Gasteiger partial charge in [0.2, 0.25) is 0 Å². The molecule has 5 nitrogen and oxygen atoms in total. The lowest BCUT2D eigenvalue weighted by Gasteiger charge is -2.29. The van der Waals surface area contributed by atoms with Gasteiger partial charge >= 0.3 is 5.97 Å². The van der Waals surface area contributed by atoms with E-state index in [0.717, 1.165) is 16.7 Å². The smallest absolute Gasteiger partial charge is 0.321 e. The summed E-state index contributed by atoms with van der Waals surface area (Å²) < 4.78 is 23.6. The number of rotatable bonds is 2. The number of aryl methyl sites for hydroxylation is 2. The summed E-state index contributed by atoms with van der Waals surface area (Å²) in [6.07, 6.45) is 0. The molecule has 1 heterocycles. The molecule has 1 aromatic carbocycles. The van der Waals surface area contributed by atoms with E-state index in [-0.39, 0.29) is 11.5 Å². The van der Waals surface area contributed by atoms with Gasteiger partial charge in [-0.1, -0.05) is 23.8 Å². The number of nitrogens with one attached hydrogen (secondary N) is 1. The van der Waals surface area contributed by atoms with E-state index in [1.807, 2.05) is 32.0 Å². The Morgan fingerprint density at radius 3 is 2.58 bits per heavy atom. The second-order valence-corrected chi connectivity index (χ2v) is 7.20. The number of hydrogen-bond donors (Lipinski definition) is 2. The molecular weight excluding hydrogens is 266 g/mol. The molecule has 2 N–H and O–H groups in total. The molecule has 6 heteroatoms. The molecule has 0 spiro atoms. The van der Waals surface area contributed by atoms with Crippen molar-refractivity contribution in [2.24, 2.45) is 0 Å². The summed E-state index contributed by atoms with van der Waals surface area (Å²) in [5.41, 5.74) is 2.91. The minimum absolute atomic E-state index is 0.0549. The standard InChI is InChI=1S/C13H17NO4S/c1-8-3-4-10(9(2)5-8)11-6-19(17,18)7-12(14-11)13(15)16/h3-5,11-12,14H,6-7H2,1-2H3,(H,15,16). The van der Waals surface area contributed by atoms with Crippen LogP contribution >= 0.6 is 0 Å². The molecule has 2 unspecified atom stereocenters. The Morgan fingerprint density at radius 2 is 2.00 bits per heavy atom. The Labute approximate surface area is 112 Å². The first-order valence-electron chi connectivity index (χ1n) is 6.05. The fraction of sp³-hybridized carbons (Fsp3) is 0.462. The predicted molar refractivity (Wildman–Crippen MR) is 71.9 cm³/mol. The molecule has 0 aromatic heterocycles. The number of hydrogen-bond acceptors (Lipinski definition) is 4. The summed E-state index contributed by atoms with van der Waals surface area (Å²) in [7, 11) is -3.34. The van der Waals surface area contributed by atoms with Crippen molar-refractivity contribution >= 4 is 15.8 Å².